The zero-order valence-electron chi connectivity index (χ0n) is 14.5. The topological polar surface area (TPSA) is 3.24 Å². The summed E-state index contributed by atoms with van der Waals surface area (Å²) in [5, 5.41) is 0.800. The minimum atomic E-state index is 0. The van der Waals surface area contributed by atoms with Gasteiger partial charge in [-0.15, -0.1) is 0 Å². The lowest BCUT2D eigenvalue weighted by molar-refractivity contribution is -0.912. The molecule has 3 rings (SSSR count). The molecular formula is C20H26ClIN2. The molecule has 24 heavy (non-hydrogen) atoms. The highest BCUT2D eigenvalue weighted by atomic mass is 127. The molecule has 0 amide bonds. The fourth-order valence-corrected chi connectivity index (χ4v) is 3.56. The Morgan fingerprint density at radius 3 is 2.04 bits per heavy atom. The van der Waals surface area contributed by atoms with Crippen LogP contribution in [0.15, 0.2) is 54.6 Å². The Morgan fingerprint density at radius 1 is 0.958 bits per heavy atom. The second-order valence-corrected chi connectivity index (χ2v) is 7.22. The highest BCUT2D eigenvalue weighted by molar-refractivity contribution is 6.30. The molecule has 0 radical (unpaired) electrons. The van der Waals surface area contributed by atoms with Crippen molar-refractivity contribution in [3.63, 3.8) is 0 Å². The molecule has 1 aliphatic heterocycles. The number of rotatable bonds is 4. The first kappa shape index (κ1) is 19.7. The number of piperazine rings is 1. The van der Waals surface area contributed by atoms with Gasteiger partial charge in [-0.25, -0.2) is 0 Å². The lowest BCUT2D eigenvalue weighted by Gasteiger charge is -2.44. The summed E-state index contributed by atoms with van der Waals surface area (Å²) in [6, 6.07) is 19.5. The van der Waals surface area contributed by atoms with Crippen LogP contribution in [0, 0.1) is 0 Å². The molecule has 1 saturated heterocycles. The van der Waals surface area contributed by atoms with Crippen molar-refractivity contribution in [1.82, 2.24) is 4.90 Å². The van der Waals surface area contributed by atoms with Crippen LogP contribution in [-0.4, -0.2) is 49.2 Å². The number of hydrogen-bond donors (Lipinski definition) is 0. The average Bonchev–Trinajstić information content (AvgIpc) is 2.60. The van der Waals surface area contributed by atoms with Crippen molar-refractivity contribution in [2.24, 2.45) is 0 Å². The van der Waals surface area contributed by atoms with Gasteiger partial charge in [-0.1, -0.05) is 54.1 Å². The molecule has 1 fully saturated rings. The highest BCUT2D eigenvalue weighted by Gasteiger charge is 2.32. The van der Waals surface area contributed by atoms with E-state index in [2.05, 4.69) is 61.3 Å². The van der Waals surface area contributed by atoms with Crippen LogP contribution >= 0.6 is 11.6 Å². The number of halogens is 2. The fourth-order valence-electron chi connectivity index (χ4n) is 3.43. The number of benzene rings is 2. The quantitative estimate of drug-likeness (QED) is 0.494. The van der Waals surface area contributed by atoms with Gasteiger partial charge < -0.3 is 28.5 Å². The van der Waals surface area contributed by atoms with E-state index in [0.717, 1.165) is 18.1 Å². The van der Waals surface area contributed by atoms with Crippen LogP contribution in [-0.2, 0) is 0 Å². The predicted octanol–water partition coefficient (Wildman–Crippen LogP) is 1.22. The number of nitrogens with zero attached hydrogens (tertiary/aromatic N) is 2. The van der Waals surface area contributed by atoms with E-state index in [1.165, 1.54) is 35.2 Å². The van der Waals surface area contributed by atoms with E-state index < -0.39 is 0 Å². The van der Waals surface area contributed by atoms with Gasteiger partial charge in [0.15, 0.2) is 0 Å². The average molecular weight is 457 g/mol. The molecule has 0 spiro atoms. The summed E-state index contributed by atoms with van der Waals surface area (Å²) in [4.78, 5) is 2.62. The van der Waals surface area contributed by atoms with Crippen LogP contribution in [0.3, 0.4) is 0 Å². The van der Waals surface area contributed by atoms with Crippen molar-refractivity contribution in [3.8, 4) is 0 Å². The molecule has 130 valence electrons. The van der Waals surface area contributed by atoms with Crippen molar-refractivity contribution < 1.29 is 28.5 Å². The number of quaternary nitrogens is 1. The maximum atomic E-state index is 6.09. The summed E-state index contributed by atoms with van der Waals surface area (Å²) in [5.41, 5.74) is 2.69. The molecule has 2 aromatic rings. The van der Waals surface area contributed by atoms with Crippen molar-refractivity contribution in [2.75, 3.05) is 39.8 Å². The minimum Gasteiger partial charge on any atom is -1.00 e. The Labute approximate surface area is 168 Å². The summed E-state index contributed by atoms with van der Waals surface area (Å²) in [6.07, 6.45) is 0. The van der Waals surface area contributed by atoms with E-state index in [0.29, 0.717) is 6.04 Å². The Bertz CT molecular complexity index is 622. The molecule has 1 unspecified atom stereocenters. The van der Waals surface area contributed by atoms with Crippen molar-refractivity contribution in [3.05, 3.63) is 70.7 Å². The molecule has 0 aromatic heterocycles. The summed E-state index contributed by atoms with van der Waals surface area (Å²) < 4.78 is 1.18. The third-order valence-electron chi connectivity index (χ3n) is 5.28. The predicted molar refractivity (Wildman–Crippen MR) is 97.8 cm³/mol. The van der Waals surface area contributed by atoms with E-state index in [4.69, 9.17) is 11.6 Å². The summed E-state index contributed by atoms with van der Waals surface area (Å²) in [5.74, 6) is 0. The van der Waals surface area contributed by atoms with Gasteiger partial charge >= 0.3 is 0 Å². The van der Waals surface area contributed by atoms with E-state index in [1.54, 1.807) is 0 Å². The van der Waals surface area contributed by atoms with Crippen LogP contribution < -0.4 is 24.0 Å². The Morgan fingerprint density at radius 2 is 1.50 bits per heavy atom. The van der Waals surface area contributed by atoms with Gasteiger partial charge in [-0.3, -0.25) is 4.90 Å². The van der Waals surface area contributed by atoms with E-state index in [-0.39, 0.29) is 24.0 Å². The molecule has 2 nitrogen and oxygen atoms in total. The first-order valence-corrected chi connectivity index (χ1v) is 8.87. The van der Waals surface area contributed by atoms with Gasteiger partial charge in [0.25, 0.3) is 0 Å². The lowest BCUT2D eigenvalue weighted by atomic mass is 9.96. The molecule has 1 aliphatic rings. The van der Waals surface area contributed by atoms with Crippen molar-refractivity contribution in [1.29, 1.82) is 0 Å². The Kier molecular flexibility index (Phi) is 7.10. The van der Waals surface area contributed by atoms with Gasteiger partial charge in [0.05, 0.1) is 32.7 Å². The second-order valence-electron chi connectivity index (χ2n) is 6.78. The maximum absolute atomic E-state index is 6.09. The maximum Gasteiger partial charge on any atom is 0.0914 e. The normalized spacial score (nSPS) is 18.6. The first-order valence-electron chi connectivity index (χ1n) is 8.49. The largest absolute Gasteiger partial charge is 1.00 e. The van der Waals surface area contributed by atoms with Gasteiger partial charge in [0.2, 0.25) is 0 Å². The third-order valence-corrected chi connectivity index (χ3v) is 5.54. The first-order chi connectivity index (χ1) is 11.1. The van der Waals surface area contributed by atoms with E-state index in [9.17, 15) is 0 Å². The molecule has 1 heterocycles. The van der Waals surface area contributed by atoms with Crippen LogP contribution in [0.4, 0.5) is 0 Å². The van der Waals surface area contributed by atoms with Gasteiger partial charge in [0.1, 0.15) is 0 Å². The molecular weight excluding hydrogens is 431 g/mol. The molecule has 0 saturated carbocycles. The van der Waals surface area contributed by atoms with Crippen LogP contribution in [0.1, 0.15) is 24.1 Å². The Balaban J connectivity index is 0.00000208. The highest BCUT2D eigenvalue weighted by Crippen LogP contribution is 2.31. The van der Waals surface area contributed by atoms with E-state index >= 15 is 0 Å². The van der Waals surface area contributed by atoms with Crippen molar-refractivity contribution >= 4 is 11.6 Å². The van der Waals surface area contributed by atoms with E-state index in [1.807, 2.05) is 12.1 Å². The van der Waals surface area contributed by atoms with Gasteiger partial charge in [-0.05, 0) is 30.2 Å². The second kappa shape index (κ2) is 8.65. The summed E-state index contributed by atoms with van der Waals surface area (Å²) in [7, 11) is 2.37. The molecule has 1 atom stereocenters. The zero-order valence-corrected chi connectivity index (χ0v) is 17.4. The molecule has 0 aliphatic carbocycles. The molecule has 2 aromatic carbocycles. The van der Waals surface area contributed by atoms with Crippen LogP contribution in [0.2, 0.25) is 5.02 Å². The standard InChI is InChI=1S/C20H26ClN2.HI/c1-3-23(2)15-13-22(14-16-23)20(17-7-5-4-6-8-17)18-9-11-19(21)12-10-18;/h4-12,20H,3,13-16H2,1-2H3;1H/q+1;/p-1. The molecule has 4 heteroatoms. The monoisotopic (exact) mass is 456 g/mol. The SMILES string of the molecule is CC[N+]1(C)CCN(C(c2ccccc2)c2ccc(Cl)cc2)CC1.[I-]. The van der Waals surface area contributed by atoms with Gasteiger partial charge in [0, 0.05) is 18.1 Å². The van der Waals surface area contributed by atoms with Crippen LogP contribution in [0.5, 0.6) is 0 Å². The Hall–Kier alpha value is -0.620. The molecule has 0 N–H and O–H groups in total. The smallest absolute Gasteiger partial charge is 0.0914 e. The van der Waals surface area contributed by atoms with Crippen LogP contribution in [0.25, 0.3) is 0 Å². The fraction of sp³-hybridized carbons (Fsp3) is 0.400. The number of likely N-dealkylation sites (N-methyl/N-ethyl adjacent to an activating group) is 1. The third kappa shape index (κ3) is 4.51. The molecule has 0 bridgehead atoms. The zero-order chi connectivity index (χ0) is 16.3. The van der Waals surface area contributed by atoms with Crippen molar-refractivity contribution in [2.45, 2.75) is 13.0 Å². The summed E-state index contributed by atoms with van der Waals surface area (Å²) >= 11 is 6.09. The summed E-state index contributed by atoms with van der Waals surface area (Å²) in [6.45, 7) is 8.20. The number of hydrogen-bond acceptors (Lipinski definition) is 1. The lowest BCUT2D eigenvalue weighted by Crippen LogP contribution is -3.00. The minimum absolute atomic E-state index is 0. The van der Waals surface area contributed by atoms with Gasteiger partial charge in [-0.2, -0.15) is 0 Å².